The van der Waals surface area contributed by atoms with Gasteiger partial charge in [-0.2, -0.15) is 0 Å². The van der Waals surface area contributed by atoms with Crippen LogP contribution in [0.25, 0.3) is 0 Å². The molecule has 3 rings (SSSR count). The number of amides is 2. The van der Waals surface area contributed by atoms with E-state index in [0.717, 1.165) is 36.4 Å². The molecule has 7 heteroatoms. The highest BCUT2D eigenvalue weighted by Gasteiger charge is 2.24. The molecule has 0 radical (unpaired) electrons. The Bertz CT molecular complexity index is 800. The molecule has 0 saturated carbocycles. The number of benzene rings is 1. The minimum Gasteiger partial charge on any atom is -0.353 e. The minimum atomic E-state index is -0.294. The molecule has 29 heavy (non-hydrogen) atoms. The van der Waals surface area contributed by atoms with E-state index in [1.165, 1.54) is 12.1 Å². The molecule has 2 amide bonds. The molecule has 0 bridgehead atoms. The topological polar surface area (TPSA) is 61.4 Å². The van der Waals surface area contributed by atoms with Crippen molar-refractivity contribution in [3.63, 3.8) is 0 Å². The summed E-state index contributed by atoms with van der Waals surface area (Å²) in [5.74, 6) is -0.284. The summed E-state index contributed by atoms with van der Waals surface area (Å²) in [7, 11) is 0. The quantitative estimate of drug-likeness (QED) is 0.727. The second kappa shape index (κ2) is 9.98. The average Bonchev–Trinajstić information content (AvgIpc) is 3.23. The highest BCUT2D eigenvalue weighted by molar-refractivity contribution is 7.10. The SMILES string of the molecule is CC(C)C(=O)NC1CCN(CC(=O)NC(c2ccc(F)cc2)c2cccs2)CC1. The largest absolute Gasteiger partial charge is 0.353 e. The van der Waals surface area contributed by atoms with Crippen molar-refractivity contribution in [2.75, 3.05) is 19.6 Å². The van der Waals surface area contributed by atoms with E-state index in [1.807, 2.05) is 31.4 Å². The second-order valence-corrected chi connectivity index (χ2v) is 8.76. The standard InChI is InChI=1S/C22H28FN3O2S/c1-15(2)22(28)24-18-9-11-26(12-10-18)14-20(27)25-21(19-4-3-13-29-19)16-5-7-17(23)8-6-16/h3-8,13,15,18,21H,9-12,14H2,1-2H3,(H,24,28)(H,25,27). The minimum absolute atomic E-state index is 0.0144. The van der Waals surface area contributed by atoms with Crippen LogP contribution in [0.2, 0.25) is 0 Å². The van der Waals surface area contributed by atoms with E-state index in [9.17, 15) is 14.0 Å². The maximum atomic E-state index is 13.3. The maximum absolute atomic E-state index is 13.3. The van der Waals surface area contributed by atoms with E-state index < -0.39 is 0 Å². The van der Waals surface area contributed by atoms with Crippen molar-refractivity contribution in [1.29, 1.82) is 0 Å². The summed E-state index contributed by atoms with van der Waals surface area (Å²) >= 11 is 1.56. The maximum Gasteiger partial charge on any atom is 0.234 e. The molecule has 1 aromatic carbocycles. The van der Waals surface area contributed by atoms with Gasteiger partial charge in [0.25, 0.3) is 0 Å². The van der Waals surface area contributed by atoms with E-state index in [0.29, 0.717) is 6.54 Å². The third-order valence-corrected chi connectivity index (χ3v) is 6.10. The van der Waals surface area contributed by atoms with Crippen LogP contribution < -0.4 is 10.6 Å². The Morgan fingerprint density at radius 1 is 1.17 bits per heavy atom. The number of halogens is 1. The fourth-order valence-corrected chi connectivity index (χ4v) is 4.24. The fourth-order valence-electron chi connectivity index (χ4n) is 3.44. The van der Waals surface area contributed by atoms with Crippen LogP contribution in [-0.2, 0) is 9.59 Å². The number of hydrogen-bond donors (Lipinski definition) is 2. The lowest BCUT2D eigenvalue weighted by Gasteiger charge is -2.32. The summed E-state index contributed by atoms with van der Waals surface area (Å²) in [6.45, 7) is 5.64. The third-order valence-electron chi connectivity index (χ3n) is 5.16. The molecule has 2 N–H and O–H groups in total. The summed E-state index contributed by atoms with van der Waals surface area (Å²) in [6.07, 6.45) is 1.69. The molecule has 1 atom stereocenters. The molecular weight excluding hydrogens is 389 g/mol. The average molecular weight is 418 g/mol. The van der Waals surface area contributed by atoms with E-state index >= 15 is 0 Å². The Morgan fingerprint density at radius 2 is 1.86 bits per heavy atom. The Kier molecular flexibility index (Phi) is 7.39. The molecule has 1 aliphatic rings. The molecule has 0 aliphatic carbocycles. The van der Waals surface area contributed by atoms with E-state index in [-0.39, 0.29) is 35.6 Å². The van der Waals surface area contributed by atoms with Crippen molar-refractivity contribution in [1.82, 2.24) is 15.5 Å². The summed E-state index contributed by atoms with van der Waals surface area (Å²) < 4.78 is 13.3. The Morgan fingerprint density at radius 3 is 2.45 bits per heavy atom. The molecule has 0 spiro atoms. The Hall–Kier alpha value is -2.25. The van der Waals surface area contributed by atoms with Gasteiger partial charge in [-0.15, -0.1) is 11.3 Å². The summed E-state index contributed by atoms with van der Waals surface area (Å²) in [6, 6.07) is 10.1. The van der Waals surface area contributed by atoms with Crippen molar-refractivity contribution in [3.05, 3.63) is 58.0 Å². The van der Waals surface area contributed by atoms with Crippen molar-refractivity contribution >= 4 is 23.2 Å². The van der Waals surface area contributed by atoms with Crippen molar-refractivity contribution in [3.8, 4) is 0 Å². The molecule has 1 aromatic heterocycles. The van der Waals surface area contributed by atoms with Gasteiger partial charge in [0.15, 0.2) is 0 Å². The first-order valence-electron chi connectivity index (χ1n) is 10.0. The van der Waals surface area contributed by atoms with Crippen molar-refractivity contribution in [2.45, 2.75) is 38.8 Å². The number of hydrogen-bond acceptors (Lipinski definition) is 4. The lowest BCUT2D eigenvalue weighted by molar-refractivity contribution is -0.126. The third kappa shape index (κ3) is 6.11. The summed E-state index contributed by atoms with van der Waals surface area (Å²) in [5, 5.41) is 8.14. The first-order chi connectivity index (χ1) is 13.9. The zero-order valence-electron chi connectivity index (χ0n) is 16.9. The van der Waals surface area contributed by atoms with Crippen LogP contribution in [0.15, 0.2) is 41.8 Å². The zero-order valence-corrected chi connectivity index (χ0v) is 17.7. The van der Waals surface area contributed by atoms with Gasteiger partial charge < -0.3 is 10.6 Å². The van der Waals surface area contributed by atoms with Crippen LogP contribution in [0.3, 0.4) is 0 Å². The predicted molar refractivity (Wildman–Crippen MR) is 113 cm³/mol. The van der Waals surface area contributed by atoms with Gasteiger partial charge in [0.1, 0.15) is 5.82 Å². The Labute approximate surface area is 175 Å². The molecule has 156 valence electrons. The molecule has 1 fully saturated rings. The first-order valence-corrected chi connectivity index (χ1v) is 10.9. The van der Waals surface area contributed by atoms with Gasteiger partial charge in [-0.25, -0.2) is 4.39 Å². The molecule has 1 saturated heterocycles. The monoisotopic (exact) mass is 417 g/mol. The van der Waals surface area contributed by atoms with E-state index in [2.05, 4.69) is 15.5 Å². The van der Waals surface area contributed by atoms with Crippen LogP contribution in [0.1, 0.15) is 43.2 Å². The highest BCUT2D eigenvalue weighted by atomic mass is 32.1. The molecule has 2 aromatic rings. The number of piperidine rings is 1. The van der Waals surface area contributed by atoms with Crippen LogP contribution in [0.5, 0.6) is 0 Å². The number of thiophene rings is 1. The van der Waals surface area contributed by atoms with Gasteiger partial charge in [-0.3, -0.25) is 14.5 Å². The molecule has 2 heterocycles. The number of nitrogens with zero attached hydrogens (tertiary/aromatic N) is 1. The number of carbonyl (C=O) groups is 2. The first kappa shape index (κ1) is 21.5. The highest BCUT2D eigenvalue weighted by Crippen LogP contribution is 2.26. The number of carbonyl (C=O) groups excluding carboxylic acids is 2. The number of likely N-dealkylation sites (tertiary alicyclic amines) is 1. The van der Waals surface area contributed by atoms with Gasteiger partial charge in [-0.05, 0) is 42.0 Å². The Balaban J connectivity index is 1.55. The normalized spacial score (nSPS) is 16.6. The second-order valence-electron chi connectivity index (χ2n) is 7.78. The van der Waals surface area contributed by atoms with Gasteiger partial charge in [0.05, 0.1) is 12.6 Å². The molecule has 1 aliphatic heterocycles. The zero-order chi connectivity index (χ0) is 20.8. The van der Waals surface area contributed by atoms with Crippen LogP contribution in [0.4, 0.5) is 4.39 Å². The van der Waals surface area contributed by atoms with Crippen LogP contribution in [0, 0.1) is 11.7 Å². The molecular formula is C22H28FN3O2S. The van der Waals surface area contributed by atoms with Gasteiger partial charge in [-0.1, -0.05) is 32.0 Å². The summed E-state index contributed by atoms with van der Waals surface area (Å²) in [4.78, 5) is 27.7. The number of nitrogens with one attached hydrogen (secondary N) is 2. The fraction of sp³-hybridized carbons (Fsp3) is 0.455. The predicted octanol–water partition coefficient (Wildman–Crippen LogP) is 3.33. The lowest BCUT2D eigenvalue weighted by Crippen LogP contribution is -2.48. The van der Waals surface area contributed by atoms with Crippen LogP contribution in [-0.4, -0.2) is 42.4 Å². The molecule has 1 unspecified atom stereocenters. The van der Waals surface area contributed by atoms with E-state index in [4.69, 9.17) is 0 Å². The van der Waals surface area contributed by atoms with Gasteiger partial charge >= 0.3 is 0 Å². The van der Waals surface area contributed by atoms with Crippen molar-refractivity contribution < 1.29 is 14.0 Å². The number of rotatable bonds is 7. The molecule has 5 nitrogen and oxygen atoms in total. The van der Waals surface area contributed by atoms with Crippen molar-refractivity contribution in [2.24, 2.45) is 5.92 Å². The summed E-state index contributed by atoms with van der Waals surface area (Å²) in [5.41, 5.74) is 0.859. The van der Waals surface area contributed by atoms with Gasteiger partial charge in [0, 0.05) is 29.9 Å². The lowest BCUT2D eigenvalue weighted by atomic mass is 10.0. The van der Waals surface area contributed by atoms with Crippen LogP contribution >= 0.6 is 11.3 Å². The van der Waals surface area contributed by atoms with E-state index in [1.54, 1.807) is 23.5 Å². The van der Waals surface area contributed by atoms with Gasteiger partial charge in [0.2, 0.25) is 11.8 Å². The smallest absolute Gasteiger partial charge is 0.234 e.